The molecule has 0 aromatic heterocycles. The first-order chi connectivity index (χ1) is 12.8. The van der Waals surface area contributed by atoms with Gasteiger partial charge in [-0.2, -0.15) is 0 Å². The highest BCUT2D eigenvalue weighted by Crippen LogP contribution is 2.14. The number of hydrogen-bond donors (Lipinski definition) is 2. The summed E-state index contributed by atoms with van der Waals surface area (Å²) >= 11 is 0. The molecule has 144 valence electrons. The summed E-state index contributed by atoms with van der Waals surface area (Å²) in [6.07, 6.45) is -0.143. The maximum atomic E-state index is 13.6. The number of halogens is 4. The summed E-state index contributed by atoms with van der Waals surface area (Å²) in [6.45, 7) is 1.51. The van der Waals surface area contributed by atoms with Gasteiger partial charge in [0.25, 0.3) is 5.91 Å². The molecule has 1 unspecified atom stereocenters. The molecule has 0 saturated heterocycles. The van der Waals surface area contributed by atoms with Crippen molar-refractivity contribution >= 4 is 11.8 Å². The van der Waals surface area contributed by atoms with Crippen LogP contribution in [0.3, 0.4) is 0 Å². The van der Waals surface area contributed by atoms with Crippen LogP contribution < -0.4 is 10.6 Å². The Morgan fingerprint density at radius 2 is 1.67 bits per heavy atom. The van der Waals surface area contributed by atoms with Gasteiger partial charge >= 0.3 is 0 Å². The van der Waals surface area contributed by atoms with Crippen LogP contribution in [-0.4, -0.2) is 24.4 Å². The van der Waals surface area contributed by atoms with Crippen LogP contribution in [0.2, 0.25) is 0 Å². The normalized spacial score (nSPS) is 11.7. The summed E-state index contributed by atoms with van der Waals surface area (Å²) in [6, 6.07) is 5.54. The molecule has 0 aliphatic carbocycles. The van der Waals surface area contributed by atoms with Crippen molar-refractivity contribution in [3.8, 4) is 0 Å². The fourth-order valence-corrected chi connectivity index (χ4v) is 2.49. The molecule has 2 N–H and O–H groups in total. The topological polar surface area (TPSA) is 58.2 Å². The standard InChI is InChI=1S/C19H18F4N2O2/c1-11(9-14-15(21)3-2-4-16(14)22)25-18(26)7-8-24-19(27)13-6-5-12(20)10-17(13)23/h2-6,10-11H,7-9H2,1H3,(H,24,27)(H,25,26). The van der Waals surface area contributed by atoms with Gasteiger partial charge in [-0.15, -0.1) is 0 Å². The number of benzene rings is 2. The largest absolute Gasteiger partial charge is 0.353 e. The van der Waals surface area contributed by atoms with E-state index in [1.165, 1.54) is 6.07 Å². The zero-order valence-corrected chi connectivity index (χ0v) is 14.5. The Balaban J connectivity index is 1.79. The third kappa shape index (κ3) is 5.80. The highest BCUT2D eigenvalue weighted by Gasteiger charge is 2.15. The lowest BCUT2D eigenvalue weighted by Crippen LogP contribution is -2.37. The van der Waals surface area contributed by atoms with Crippen molar-refractivity contribution in [1.29, 1.82) is 0 Å². The van der Waals surface area contributed by atoms with E-state index in [9.17, 15) is 27.2 Å². The molecule has 27 heavy (non-hydrogen) atoms. The van der Waals surface area contributed by atoms with E-state index in [-0.39, 0.29) is 30.5 Å². The summed E-state index contributed by atoms with van der Waals surface area (Å²) < 4.78 is 53.5. The SMILES string of the molecule is CC(Cc1c(F)cccc1F)NC(=O)CCNC(=O)c1ccc(F)cc1F. The van der Waals surface area contributed by atoms with E-state index in [0.29, 0.717) is 6.07 Å². The number of amides is 2. The summed E-state index contributed by atoms with van der Waals surface area (Å²) in [7, 11) is 0. The molecular weight excluding hydrogens is 364 g/mol. The fraction of sp³-hybridized carbons (Fsp3) is 0.263. The molecule has 0 fully saturated rings. The summed E-state index contributed by atoms with van der Waals surface area (Å²) in [5, 5.41) is 4.92. The Bertz CT molecular complexity index is 822. The van der Waals surface area contributed by atoms with E-state index in [4.69, 9.17) is 0 Å². The van der Waals surface area contributed by atoms with Crippen LogP contribution >= 0.6 is 0 Å². The van der Waals surface area contributed by atoms with Crippen molar-refractivity contribution in [2.24, 2.45) is 0 Å². The average Bonchev–Trinajstić information content (AvgIpc) is 2.58. The third-order valence-corrected chi connectivity index (χ3v) is 3.79. The molecule has 2 aromatic rings. The van der Waals surface area contributed by atoms with E-state index < -0.39 is 41.1 Å². The van der Waals surface area contributed by atoms with Crippen molar-refractivity contribution in [2.75, 3.05) is 6.54 Å². The van der Waals surface area contributed by atoms with Crippen molar-refractivity contribution in [3.05, 3.63) is 70.8 Å². The van der Waals surface area contributed by atoms with E-state index in [1.807, 2.05) is 0 Å². The van der Waals surface area contributed by atoms with Crippen LogP contribution in [-0.2, 0) is 11.2 Å². The van der Waals surface area contributed by atoms with E-state index in [2.05, 4.69) is 10.6 Å². The minimum atomic E-state index is -1.00. The maximum Gasteiger partial charge on any atom is 0.254 e. The number of carbonyl (C=O) groups excluding carboxylic acids is 2. The van der Waals surface area contributed by atoms with Gasteiger partial charge in [0.2, 0.25) is 5.91 Å². The van der Waals surface area contributed by atoms with Crippen LogP contribution in [0.25, 0.3) is 0 Å². The summed E-state index contributed by atoms with van der Waals surface area (Å²) in [5.74, 6) is -4.41. The van der Waals surface area contributed by atoms with E-state index >= 15 is 0 Å². The number of carbonyl (C=O) groups is 2. The molecule has 0 bridgehead atoms. The first-order valence-corrected chi connectivity index (χ1v) is 8.23. The quantitative estimate of drug-likeness (QED) is 0.723. The molecule has 0 radical (unpaired) electrons. The van der Waals surface area contributed by atoms with E-state index in [1.54, 1.807) is 6.92 Å². The molecule has 2 aromatic carbocycles. The van der Waals surface area contributed by atoms with Gasteiger partial charge in [0.15, 0.2) is 0 Å². The van der Waals surface area contributed by atoms with Crippen molar-refractivity contribution in [1.82, 2.24) is 10.6 Å². The molecule has 0 aliphatic heterocycles. The van der Waals surface area contributed by atoms with Gasteiger partial charge in [0, 0.05) is 30.6 Å². The lowest BCUT2D eigenvalue weighted by Gasteiger charge is -2.15. The first kappa shape index (κ1) is 20.4. The molecule has 1 atom stereocenters. The molecular formula is C19H18F4N2O2. The van der Waals surface area contributed by atoms with Gasteiger partial charge in [-0.3, -0.25) is 9.59 Å². The van der Waals surface area contributed by atoms with Crippen LogP contribution in [0, 0.1) is 23.3 Å². The van der Waals surface area contributed by atoms with Gasteiger partial charge in [0.05, 0.1) is 5.56 Å². The maximum absolute atomic E-state index is 13.6. The van der Waals surface area contributed by atoms with Crippen LogP contribution in [0.1, 0.15) is 29.3 Å². The Morgan fingerprint density at radius 1 is 1.00 bits per heavy atom. The Hall–Kier alpha value is -2.90. The molecule has 0 aliphatic rings. The minimum absolute atomic E-state index is 0.0304. The van der Waals surface area contributed by atoms with E-state index in [0.717, 1.165) is 24.3 Å². The monoisotopic (exact) mass is 382 g/mol. The Labute approximate surface area is 153 Å². The lowest BCUT2D eigenvalue weighted by atomic mass is 10.1. The average molecular weight is 382 g/mol. The predicted octanol–water partition coefficient (Wildman–Crippen LogP) is 3.11. The lowest BCUT2D eigenvalue weighted by molar-refractivity contribution is -0.121. The first-order valence-electron chi connectivity index (χ1n) is 8.23. The third-order valence-electron chi connectivity index (χ3n) is 3.79. The minimum Gasteiger partial charge on any atom is -0.353 e. The Kier molecular flexibility index (Phi) is 6.92. The van der Waals surface area contributed by atoms with Crippen molar-refractivity contribution in [3.63, 3.8) is 0 Å². The van der Waals surface area contributed by atoms with Crippen LogP contribution in [0.4, 0.5) is 17.6 Å². The molecule has 8 heteroatoms. The number of rotatable bonds is 7. The molecule has 2 rings (SSSR count). The van der Waals surface area contributed by atoms with Crippen LogP contribution in [0.15, 0.2) is 36.4 Å². The molecule has 2 amide bonds. The number of nitrogens with one attached hydrogen (secondary N) is 2. The second-order valence-corrected chi connectivity index (χ2v) is 6.00. The van der Waals surface area contributed by atoms with Gasteiger partial charge in [0.1, 0.15) is 23.3 Å². The van der Waals surface area contributed by atoms with Crippen molar-refractivity contribution < 1.29 is 27.2 Å². The highest BCUT2D eigenvalue weighted by molar-refractivity contribution is 5.94. The smallest absolute Gasteiger partial charge is 0.254 e. The summed E-state index contributed by atoms with van der Waals surface area (Å²) in [4.78, 5) is 23.7. The highest BCUT2D eigenvalue weighted by atomic mass is 19.1. The zero-order chi connectivity index (χ0) is 20.0. The molecule has 0 heterocycles. The van der Waals surface area contributed by atoms with Gasteiger partial charge < -0.3 is 10.6 Å². The molecule has 0 saturated carbocycles. The second-order valence-electron chi connectivity index (χ2n) is 6.00. The molecule has 0 spiro atoms. The number of hydrogen-bond acceptors (Lipinski definition) is 2. The second kappa shape index (κ2) is 9.16. The fourth-order valence-electron chi connectivity index (χ4n) is 2.49. The van der Waals surface area contributed by atoms with Crippen LogP contribution in [0.5, 0.6) is 0 Å². The van der Waals surface area contributed by atoms with Gasteiger partial charge in [-0.25, -0.2) is 17.6 Å². The summed E-state index contributed by atoms with van der Waals surface area (Å²) in [5.41, 5.74) is -0.453. The van der Waals surface area contributed by atoms with Crippen molar-refractivity contribution in [2.45, 2.75) is 25.8 Å². The predicted molar refractivity (Wildman–Crippen MR) is 91.0 cm³/mol. The Morgan fingerprint density at radius 3 is 2.30 bits per heavy atom. The molecule has 4 nitrogen and oxygen atoms in total. The van der Waals surface area contributed by atoms with Gasteiger partial charge in [-0.1, -0.05) is 6.07 Å². The van der Waals surface area contributed by atoms with Gasteiger partial charge in [-0.05, 0) is 37.6 Å². The zero-order valence-electron chi connectivity index (χ0n) is 14.5.